The fourth-order valence-electron chi connectivity index (χ4n) is 3.18. The van der Waals surface area contributed by atoms with E-state index in [1.165, 1.54) is 55.8 Å². The molecule has 0 radical (unpaired) electrons. The highest BCUT2D eigenvalue weighted by molar-refractivity contribution is 5.51. The maximum atomic E-state index is 4.64. The van der Waals surface area contributed by atoms with Gasteiger partial charge in [0.05, 0.1) is 5.69 Å². The van der Waals surface area contributed by atoms with Crippen LogP contribution in [0.4, 0.5) is 5.82 Å². The second kappa shape index (κ2) is 5.16. The maximum Gasteiger partial charge on any atom is 0.131 e. The first-order valence-corrected chi connectivity index (χ1v) is 7.69. The van der Waals surface area contributed by atoms with Crippen molar-refractivity contribution in [2.75, 3.05) is 18.0 Å². The summed E-state index contributed by atoms with van der Waals surface area (Å²) in [6.07, 6.45) is 5.31. The molecule has 106 valence electrons. The normalized spacial score (nSPS) is 23.3. The van der Waals surface area contributed by atoms with Crippen LogP contribution in [-0.2, 0) is 13.6 Å². The number of anilines is 1. The summed E-state index contributed by atoms with van der Waals surface area (Å²) in [6.45, 7) is 7.81. The van der Waals surface area contributed by atoms with Gasteiger partial charge in [0, 0.05) is 38.3 Å². The third-order valence-electron chi connectivity index (χ3n) is 4.62. The zero-order valence-electron chi connectivity index (χ0n) is 12.4. The Labute approximate surface area is 116 Å². The van der Waals surface area contributed by atoms with Gasteiger partial charge in [-0.05, 0) is 32.1 Å². The van der Waals surface area contributed by atoms with Crippen molar-refractivity contribution >= 4 is 5.82 Å². The van der Waals surface area contributed by atoms with Gasteiger partial charge in [-0.25, -0.2) is 0 Å². The minimum atomic E-state index is 0.759. The first-order chi connectivity index (χ1) is 9.19. The van der Waals surface area contributed by atoms with Crippen molar-refractivity contribution in [1.82, 2.24) is 15.1 Å². The summed E-state index contributed by atoms with van der Waals surface area (Å²) in [5, 5.41) is 8.28. The van der Waals surface area contributed by atoms with Gasteiger partial charge >= 0.3 is 0 Å². The SMILES string of the molecule is CCC1CCN(c2c(CNC3CC3)c(C)nn2C)C1. The smallest absolute Gasteiger partial charge is 0.131 e. The monoisotopic (exact) mass is 262 g/mol. The van der Waals surface area contributed by atoms with Crippen LogP contribution >= 0.6 is 0 Å². The lowest BCUT2D eigenvalue weighted by Gasteiger charge is -2.20. The number of hydrogen-bond acceptors (Lipinski definition) is 3. The van der Waals surface area contributed by atoms with Crippen molar-refractivity contribution in [2.45, 2.75) is 52.1 Å². The second-order valence-corrected chi connectivity index (χ2v) is 6.18. The molecule has 19 heavy (non-hydrogen) atoms. The first-order valence-electron chi connectivity index (χ1n) is 7.69. The molecule has 0 aromatic carbocycles. The second-order valence-electron chi connectivity index (χ2n) is 6.18. The molecule has 1 saturated heterocycles. The number of aryl methyl sites for hydroxylation is 2. The Morgan fingerprint density at radius 1 is 1.32 bits per heavy atom. The van der Waals surface area contributed by atoms with Crippen molar-refractivity contribution < 1.29 is 0 Å². The molecule has 1 aliphatic carbocycles. The zero-order chi connectivity index (χ0) is 13.4. The molecule has 0 bridgehead atoms. The lowest BCUT2D eigenvalue weighted by Crippen LogP contribution is -2.25. The highest BCUT2D eigenvalue weighted by Gasteiger charge is 2.28. The van der Waals surface area contributed by atoms with E-state index < -0.39 is 0 Å². The number of aromatic nitrogens is 2. The van der Waals surface area contributed by atoms with Crippen molar-refractivity contribution in [3.05, 3.63) is 11.3 Å². The molecule has 1 aliphatic heterocycles. The number of nitrogens with one attached hydrogen (secondary N) is 1. The molecule has 2 fully saturated rings. The van der Waals surface area contributed by atoms with E-state index in [2.05, 4.69) is 40.9 Å². The highest BCUT2D eigenvalue weighted by Crippen LogP contribution is 2.30. The summed E-state index contributed by atoms with van der Waals surface area (Å²) in [6, 6.07) is 0.759. The molecular formula is C15H26N4. The Kier molecular flexibility index (Phi) is 3.52. The fourth-order valence-corrected chi connectivity index (χ4v) is 3.18. The average Bonchev–Trinajstić information content (AvgIpc) is 3.02. The largest absolute Gasteiger partial charge is 0.356 e. The number of nitrogens with zero attached hydrogens (tertiary/aromatic N) is 3. The highest BCUT2D eigenvalue weighted by atomic mass is 15.4. The lowest BCUT2D eigenvalue weighted by molar-refractivity contribution is 0.567. The van der Waals surface area contributed by atoms with Crippen LogP contribution < -0.4 is 10.2 Å². The standard InChI is InChI=1S/C15H26N4/c1-4-12-7-8-19(10-12)15-14(9-16-13-5-6-13)11(2)17-18(15)3/h12-13,16H,4-10H2,1-3H3. The van der Waals surface area contributed by atoms with Crippen molar-refractivity contribution in [3.63, 3.8) is 0 Å². The number of rotatable bonds is 5. The van der Waals surface area contributed by atoms with Gasteiger partial charge in [-0.1, -0.05) is 13.3 Å². The van der Waals surface area contributed by atoms with Gasteiger partial charge in [0.1, 0.15) is 5.82 Å². The summed E-state index contributed by atoms with van der Waals surface area (Å²) in [5.41, 5.74) is 2.59. The van der Waals surface area contributed by atoms with E-state index in [1.54, 1.807) is 0 Å². The summed E-state index contributed by atoms with van der Waals surface area (Å²) in [4.78, 5) is 2.54. The Bertz CT molecular complexity index is 447. The Morgan fingerprint density at radius 3 is 2.74 bits per heavy atom. The van der Waals surface area contributed by atoms with Gasteiger partial charge in [-0.2, -0.15) is 5.10 Å². The zero-order valence-corrected chi connectivity index (χ0v) is 12.4. The summed E-state index contributed by atoms with van der Waals surface area (Å²) >= 11 is 0. The lowest BCUT2D eigenvalue weighted by atomic mass is 10.1. The summed E-state index contributed by atoms with van der Waals surface area (Å²) in [7, 11) is 2.09. The first kappa shape index (κ1) is 13.0. The van der Waals surface area contributed by atoms with Crippen LogP contribution in [0, 0.1) is 12.8 Å². The summed E-state index contributed by atoms with van der Waals surface area (Å²) < 4.78 is 2.08. The predicted molar refractivity (Wildman–Crippen MR) is 78.4 cm³/mol. The van der Waals surface area contributed by atoms with E-state index in [0.717, 1.165) is 18.5 Å². The van der Waals surface area contributed by atoms with Crippen LogP contribution in [0.2, 0.25) is 0 Å². The van der Waals surface area contributed by atoms with Crippen molar-refractivity contribution in [3.8, 4) is 0 Å². The summed E-state index contributed by atoms with van der Waals surface area (Å²) in [5.74, 6) is 2.21. The van der Waals surface area contributed by atoms with Crippen LogP contribution in [0.15, 0.2) is 0 Å². The van der Waals surface area contributed by atoms with Crippen molar-refractivity contribution in [1.29, 1.82) is 0 Å². The van der Waals surface area contributed by atoms with Crippen molar-refractivity contribution in [2.24, 2.45) is 13.0 Å². The van der Waals surface area contributed by atoms with Crippen LogP contribution in [0.1, 0.15) is 43.9 Å². The Hall–Kier alpha value is -1.03. The third-order valence-corrected chi connectivity index (χ3v) is 4.62. The van der Waals surface area contributed by atoms with Gasteiger partial charge in [0.15, 0.2) is 0 Å². The van der Waals surface area contributed by atoms with E-state index in [1.807, 2.05) is 0 Å². The van der Waals surface area contributed by atoms with Crippen LogP contribution in [0.3, 0.4) is 0 Å². The molecule has 2 aliphatic rings. The van der Waals surface area contributed by atoms with Gasteiger partial charge in [-0.15, -0.1) is 0 Å². The predicted octanol–water partition coefficient (Wildman–Crippen LogP) is 2.22. The van der Waals surface area contributed by atoms with Gasteiger partial charge < -0.3 is 10.2 Å². The van der Waals surface area contributed by atoms with Crippen LogP contribution in [0.5, 0.6) is 0 Å². The molecule has 4 heteroatoms. The topological polar surface area (TPSA) is 33.1 Å². The molecular weight excluding hydrogens is 236 g/mol. The molecule has 1 saturated carbocycles. The fraction of sp³-hybridized carbons (Fsp3) is 0.800. The minimum absolute atomic E-state index is 0.759. The van der Waals surface area contributed by atoms with Gasteiger partial charge in [0.25, 0.3) is 0 Å². The molecule has 4 nitrogen and oxygen atoms in total. The molecule has 2 heterocycles. The molecule has 0 spiro atoms. The van der Waals surface area contributed by atoms with E-state index in [9.17, 15) is 0 Å². The molecule has 1 aromatic rings. The third kappa shape index (κ3) is 2.64. The minimum Gasteiger partial charge on any atom is -0.356 e. The van der Waals surface area contributed by atoms with E-state index in [4.69, 9.17) is 0 Å². The van der Waals surface area contributed by atoms with E-state index in [0.29, 0.717) is 0 Å². The maximum absolute atomic E-state index is 4.64. The number of hydrogen-bond donors (Lipinski definition) is 1. The van der Waals surface area contributed by atoms with E-state index >= 15 is 0 Å². The molecule has 1 aromatic heterocycles. The molecule has 3 rings (SSSR count). The Morgan fingerprint density at radius 2 is 2.11 bits per heavy atom. The van der Waals surface area contributed by atoms with Gasteiger partial charge in [-0.3, -0.25) is 4.68 Å². The molecule has 1 N–H and O–H groups in total. The molecule has 0 amide bonds. The van der Waals surface area contributed by atoms with Gasteiger partial charge in [0.2, 0.25) is 0 Å². The van der Waals surface area contributed by atoms with Crippen LogP contribution in [0.25, 0.3) is 0 Å². The average molecular weight is 262 g/mol. The Balaban J connectivity index is 1.78. The molecule has 1 atom stereocenters. The van der Waals surface area contributed by atoms with Crippen LogP contribution in [-0.4, -0.2) is 28.9 Å². The van der Waals surface area contributed by atoms with E-state index in [-0.39, 0.29) is 0 Å². The quantitative estimate of drug-likeness (QED) is 0.883. The molecule has 1 unspecified atom stereocenters.